The molecule has 0 fully saturated rings. The molecule has 0 saturated carbocycles. The van der Waals surface area contributed by atoms with Crippen molar-refractivity contribution in [1.29, 1.82) is 0 Å². The van der Waals surface area contributed by atoms with Crippen LogP contribution in [0.2, 0.25) is 0 Å². The summed E-state index contributed by atoms with van der Waals surface area (Å²) in [7, 11) is 0. The van der Waals surface area contributed by atoms with E-state index in [0.29, 0.717) is 5.92 Å². The lowest BCUT2D eigenvalue weighted by molar-refractivity contribution is 0.0414. The minimum Gasteiger partial charge on any atom is -0.432 e. The van der Waals surface area contributed by atoms with Gasteiger partial charge in [0.05, 0.1) is 6.10 Å². The van der Waals surface area contributed by atoms with Crippen LogP contribution in [0.1, 0.15) is 47.0 Å². The Bertz CT molecular complexity index is 267. The summed E-state index contributed by atoms with van der Waals surface area (Å²) in [4.78, 5) is 11.0. The zero-order chi connectivity index (χ0) is 13.8. The van der Waals surface area contributed by atoms with Crippen LogP contribution in [0.4, 0.5) is 4.79 Å². The summed E-state index contributed by atoms with van der Waals surface area (Å²) in [6.07, 6.45) is 10.7. The summed E-state index contributed by atoms with van der Waals surface area (Å²) in [6, 6.07) is 0. The molecule has 0 rings (SSSR count). The molecule has 3 nitrogen and oxygen atoms in total. The summed E-state index contributed by atoms with van der Waals surface area (Å²) in [6.45, 7) is 8.26. The van der Waals surface area contributed by atoms with Crippen molar-refractivity contribution < 1.29 is 14.3 Å². The molecule has 0 amide bonds. The van der Waals surface area contributed by atoms with Gasteiger partial charge in [-0.15, -0.1) is 0 Å². The van der Waals surface area contributed by atoms with E-state index >= 15 is 0 Å². The van der Waals surface area contributed by atoms with Gasteiger partial charge in [0.15, 0.2) is 0 Å². The summed E-state index contributed by atoms with van der Waals surface area (Å²) in [5, 5.41) is 0. The van der Waals surface area contributed by atoms with Gasteiger partial charge in [-0.2, -0.15) is 0 Å². The fraction of sp³-hybridized carbons (Fsp3) is 0.667. The molecular weight excluding hydrogens is 228 g/mol. The molecule has 0 aromatic carbocycles. The lowest BCUT2D eigenvalue weighted by atomic mass is 10.1. The Balaban J connectivity index is 3.57. The molecule has 0 aliphatic rings. The van der Waals surface area contributed by atoms with Crippen molar-refractivity contribution >= 4 is 6.16 Å². The molecule has 0 aromatic rings. The molecule has 104 valence electrons. The third-order valence-corrected chi connectivity index (χ3v) is 2.28. The van der Waals surface area contributed by atoms with Crippen LogP contribution in [-0.2, 0) is 9.47 Å². The van der Waals surface area contributed by atoms with Gasteiger partial charge in [-0.05, 0) is 32.6 Å². The average Bonchev–Trinajstić information content (AvgIpc) is 2.27. The highest BCUT2D eigenvalue weighted by Gasteiger charge is 2.03. The lowest BCUT2D eigenvalue weighted by Gasteiger charge is -2.06. The van der Waals surface area contributed by atoms with Gasteiger partial charge in [0, 0.05) is 0 Å². The molecule has 0 saturated heterocycles. The molecular formula is C15H26O3. The van der Waals surface area contributed by atoms with Crippen molar-refractivity contribution in [3.63, 3.8) is 0 Å². The molecule has 0 aliphatic heterocycles. The van der Waals surface area contributed by atoms with Gasteiger partial charge in [0.25, 0.3) is 0 Å². The highest BCUT2D eigenvalue weighted by atomic mass is 16.7. The second-order valence-electron chi connectivity index (χ2n) is 4.63. The van der Waals surface area contributed by atoms with Gasteiger partial charge >= 0.3 is 6.16 Å². The lowest BCUT2D eigenvalue weighted by Crippen LogP contribution is -2.12. The number of carbonyl (C=O) groups excluding carboxylic acids is 1. The third kappa shape index (κ3) is 11.2. The molecule has 0 aromatic heterocycles. The first-order chi connectivity index (χ1) is 8.56. The van der Waals surface area contributed by atoms with Crippen LogP contribution in [0.25, 0.3) is 0 Å². The fourth-order valence-electron chi connectivity index (χ4n) is 1.45. The van der Waals surface area contributed by atoms with Gasteiger partial charge in [0.1, 0.15) is 6.61 Å². The van der Waals surface area contributed by atoms with Crippen molar-refractivity contribution in [2.75, 3.05) is 6.61 Å². The van der Waals surface area contributed by atoms with Crippen LogP contribution in [-0.4, -0.2) is 18.9 Å². The first kappa shape index (κ1) is 16.8. The van der Waals surface area contributed by atoms with Crippen molar-refractivity contribution in [2.24, 2.45) is 5.92 Å². The minimum absolute atomic E-state index is 0.135. The van der Waals surface area contributed by atoms with E-state index in [9.17, 15) is 4.79 Å². The maximum Gasteiger partial charge on any atom is 0.508 e. The predicted octanol–water partition coefficient (Wildman–Crippen LogP) is 4.49. The monoisotopic (exact) mass is 254 g/mol. The Labute approximate surface area is 111 Å². The highest BCUT2D eigenvalue weighted by molar-refractivity contribution is 5.60. The van der Waals surface area contributed by atoms with Crippen LogP contribution in [0.3, 0.4) is 0 Å². The van der Waals surface area contributed by atoms with Crippen molar-refractivity contribution in [2.45, 2.75) is 53.1 Å². The van der Waals surface area contributed by atoms with Gasteiger partial charge in [-0.25, -0.2) is 4.79 Å². The van der Waals surface area contributed by atoms with Crippen LogP contribution < -0.4 is 0 Å². The Morgan fingerprint density at radius 3 is 2.50 bits per heavy atom. The summed E-state index contributed by atoms with van der Waals surface area (Å²) >= 11 is 0. The number of carbonyl (C=O) groups is 1. The number of allylic oxidation sites excluding steroid dienone is 3. The smallest absolute Gasteiger partial charge is 0.432 e. The van der Waals surface area contributed by atoms with E-state index in [1.165, 1.54) is 12.8 Å². The number of rotatable bonds is 8. The quantitative estimate of drug-likeness (QED) is 0.473. The highest BCUT2D eigenvalue weighted by Crippen LogP contribution is 2.06. The largest absolute Gasteiger partial charge is 0.508 e. The molecule has 0 N–H and O–H groups in total. The fourth-order valence-corrected chi connectivity index (χ4v) is 1.45. The van der Waals surface area contributed by atoms with Crippen LogP contribution in [0, 0.1) is 5.92 Å². The van der Waals surface area contributed by atoms with Gasteiger partial charge in [-0.3, -0.25) is 0 Å². The van der Waals surface area contributed by atoms with Gasteiger partial charge in [0.2, 0.25) is 0 Å². The van der Waals surface area contributed by atoms with Crippen molar-refractivity contribution in [1.82, 2.24) is 0 Å². The van der Waals surface area contributed by atoms with Crippen molar-refractivity contribution in [3.8, 4) is 0 Å². The first-order valence-corrected chi connectivity index (χ1v) is 6.71. The second-order valence-corrected chi connectivity index (χ2v) is 4.63. The van der Waals surface area contributed by atoms with E-state index in [1.54, 1.807) is 13.8 Å². The van der Waals surface area contributed by atoms with E-state index in [0.717, 1.165) is 6.42 Å². The number of hydrogen-bond acceptors (Lipinski definition) is 3. The van der Waals surface area contributed by atoms with Crippen LogP contribution in [0.5, 0.6) is 0 Å². The van der Waals surface area contributed by atoms with E-state index in [4.69, 9.17) is 9.47 Å². The molecule has 0 heterocycles. The summed E-state index contributed by atoms with van der Waals surface area (Å²) in [5.41, 5.74) is 0. The SMILES string of the molecule is CCCC(C)/C=C\C/C=C\COC(=O)OC(C)C. The normalized spacial score (nSPS) is 13.4. The molecule has 3 heteroatoms. The summed E-state index contributed by atoms with van der Waals surface area (Å²) < 4.78 is 9.67. The van der Waals surface area contributed by atoms with Gasteiger partial charge in [-0.1, -0.05) is 44.6 Å². The molecule has 18 heavy (non-hydrogen) atoms. The standard InChI is InChI=1S/C15H26O3/c1-5-10-14(4)11-8-6-7-9-12-17-15(16)18-13(2)3/h7-9,11,13-14H,5-6,10,12H2,1-4H3/b9-7-,11-8-. The van der Waals surface area contributed by atoms with E-state index in [-0.39, 0.29) is 12.7 Å². The van der Waals surface area contributed by atoms with Gasteiger partial charge < -0.3 is 9.47 Å². The Morgan fingerprint density at radius 2 is 1.89 bits per heavy atom. The second kappa shape index (κ2) is 10.9. The number of hydrogen-bond donors (Lipinski definition) is 0. The zero-order valence-electron chi connectivity index (χ0n) is 12.0. The minimum atomic E-state index is -0.609. The number of ether oxygens (including phenoxy) is 2. The topological polar surface area (TPSA) is 35.5 Å². The maximum atomic E-state index is 11.0. The molecule has 1 unspecified atom stereocenters. The molecule has 0 radical (unpaired) electrons. The maximum absolute atomic E-state index is 11.0. The molecule has 0 aliphatic carbocycles. The van der Waals surface area contributed by atoms with Crippen LogP contribution in [0.15, 0.2) is 24.3 Å². The van der Waals surface area contributed by atoms with E-state index in [2.05, 4.69) is 26.0 Å². The molecule has 0 spiro atoms. The van der Waals surface area contributed by atoms with Crippen molar-refractivity contribution in [3.05, 3.63) is 24.3 Å². The predicted molar refractivity (Wildman–Crippen MR) is 74.5 cm³/mol. The third-order valence-electron chi connectivity index (χ3n) is 2.28. The van der Waals surface area contributed by atoms with E-state index in [1.807, 2.05) is 12.2 Å². The Morgan fingerprint density at radius 1 is 1.17 bits per heavy atom. The Hall–Kier alpha value is -1.25. The summed E-state index contributed by atoms with van der Waals surface area (Å²) in [5.74, 6) is 0.640. The molecule has 0 bridgehead atoms. The molecule has 1 atom stereocenters. The average molecular weight is 254 g/mol. The van der Waals surface area contributed by atoms with E-state index < -0.39 is 6.16 Å². The first-order valence-electron chi connectivity index (χ1n) is 6.71. The zero-order valence-corrected chi connectivity index (χ0v) is 12.0. The van der Waals surface area contributed by atoms with Crippen LogP contribution >= 0.6 is 0 Å². The Kier molecular flexibility index (Phi) is 10.1.